The minimum absolute atomic E-state index is 0.0659. The molecular weight excluding hydrogens is 274 g/mol. The molecule has 0 radical (unpaired) electrons. The maximum absolute atomic E-state index is 11.9. The molecule has 0 unspecified atom stereocenters. The van der Waals surface area contributed by atoms with Gasteiger partial charge in [-0.1, -0.05) is 0 Å². The van der Waals surface area contributed by atoms with Crippen LogP contribution >= 0.6 is 11.8 Å². The number of nitrogens with one attached hydrogen (secondary N) is 1. The summed E-state index contributed by atoms with van der Waals surface area (Å²) in [7, 11) is 0. The maximum atomic E-state index is 11.9. The predicted molar refractivity (Wildman–Crippen MR) is 83.6 cm³/mol. The molecular formula is C15H23NO3S. The Hall–Kier alpha value is -1.20. The van der Waals surface area contributed by atoms with Crippen LogP contribution in [0, 0.1) is 0 Å². The van der Waals surface area contributed by atoms with E-state index in [1.54, 1.807) is 23.9 Å². The summed E-state index contributed by atoms with van der Waals surface area (Å²) < 4.78 is 5.53. The summed E-state index contributed by atoms with van der Waals surface area (Å²) in [5.41, 5.74) is 0.640. The van der Waals surface area contributed by atoms with E-state index in [0.717, 1.165) is 23.7 Å². The number of thioether (sulfide) groups is 1. The van der Waals surface area contributed by atoms with Crippen LogP contribution in [0.1, 0.15) is 30.6 Å². The molecule has 1 aromatic carbocycles. The Morgan fingerprint density at radius 1 is 1.30 bits per heavy atom. The summed E-state index contributed by atoms with van der Waals surface area (Å²) in [6.45, 7) is 4.80. The number of aliphatic hydroxyl groups is 1. The first kappa shape index (κ1) is 16.9. The Labute approximate surface area is 124 Å². The van der Waals surface area contributed by atoms with Crippen LogP contribution in [0.2, 0.25) is 0 Å². The number of ether oxygens (including phenoxy) is 1. The summed E-state index contributed by atoms with van der Waals surface area (Å²) in [6, 6.07) is 7.16. The number of carbonyl (C=O) groups excluding carboxylic acids is 1. The van der Waals surface area contributed by atoms with Crippen molar-refractivity contribution >= 4 is 17.7 Å². The molecule has 5 heteroatoms. The third kappa shape index (κ3) is 6.82. The molecule has 0 fully saturated rings. The molecule has 0 spiro atoms. The van der Waals surface area contributed by atoms with E-state index in [-0.39, 0.29) is 18.6 Å². The molecule has 0 atom stereocenters. The summed E-state index contributed by atoms with van der Waals surface area (Å²) in [5, 5.41) is 11.5. The van der Waals surface area contributed by atoms with Gasteiger partial charge in [0.25, 0.3) is 5.91 Å². The Morgan fingerprint density at radius 2 is 2.00 bits per heavy atom. The van der Waals surface area contributed by atoms with Gasteiger partial charge in [0.1, 0.15) is 5.75 Å². The first-order valence-electron chi connectivity index (χ1n) is 6.87. The van der Waals surface area contributed by atoms with E-state index in [2.05, 4.69) is 5.32 Å². The molecule has 0 bridgehead atoms. The van der Waals surface area contributed by atoms with Gasteiger partial charge in [-0.15, -0.1) is 0 Å². The second-order valence-corrected chi connectivity index (χ2v) is 5.86. The molecule has 1 amide bonds. The Bertz CT molecular complexity index is 393. The highest BCUT2D eigenvalue weighted by atomic mass is 32.2. The summed E-state index contributed by atoms with van der Waals surface area (Å²) in [5.74, 6) is 2.49. The van der Waals surface area contributed by atoms with E-state index in [1.165, 1.54) is 0 Å². The lowest BCUT2D eigenvalue weighted by molar-refractivity contribution is 0.0956. The molecule has 4 nitrogen and oxygen atoms in total. The molecule has 0 saturated heterocycles. The lowest BCUT2D eigenvalue weighted by atomic mass is 10.2. The maximum Gasteiger partial charge on any atom is 0.251 e. The highest BCUT2D eigenvalue weighted by molar-refractivity contribution is 7.99. The molecule has 1 aromatic rings. The second kappa shape index (κ2) is 9.66. The molecule has 0 aromatic heterocycles. The number of aliphatic hydroxyl groups excluding tert-OH is 1. The minimum Gasteiger partial charge on any atom is -0.491 e. The normalized spacial score (nSPS) is 10.6. The molecule has 1 rings (SSSR count). The van der Waals surface area contributed by atoms with E-state index >= 15 is 0 Å². The van der Waals surface area contributed by atoms with Crippen molar-refractivity contribution in [3.63, 3.8) is 0 Å². The average molecular weight is 297 g/mol. The van der Waals surface area contributed by atoms with Crippen molar-refractivity contribution in [2.24, 2.45) is 0 Å². The van der Waals surface area contributed by atoms with Gasteiger partial charge in [-0.2, -0.15) is 11.8 Å². The van der Waals surface area contributed by atoms with Crippen molar-refractivity contribution in [2.45, 2.75) is 26.4 Å². The fraction of sp³-hybridized carbons (Fsp3) is 0.533. The van der Waals surface area contributed by atoms with Crippen LogP contribution in [-0.4, -0.2) is 41.8 Å². The average Bonchev–Trinajstić information content (AvgIpc) is 2.42. The van der Waals surface area contributed by atoms with E-state index in [9.17, 15) is 4.79 Å². The molecule has 20 heavy (non-hydrogen) atoms. The first-order valence-corrected chi connectivity index (χ1v) is 8.02. The van der Waals surface area contributed by atoms with E-state index in [4.69, 9.17) is 9.84 Å². The van der Waals surface area contributed by atoms with Crippen molar-refractivity contribution in [1.82, 2.24) is 5.32 Å². The summed E-state index contributed by atoms with van der Waals surface area (Å²) in [4.78, 5) is 11.9. The summed E-state index contributed by atoms with van der Waals surface area (Å²) >= 11 is 1.73. The molecule has 2 N–H and O–H groups in total. The quantitative estimate of drug-likeness (QED) is 0.687. The van der Waals surface area contributed by atoms with Crippen LogP contribution in [0.5, 0.6) is 5.75 Å². The molecule has 112 valence electrons. The van der Waals surface area contributed by atoms with Crippen molar-refractivity contribution < 1.29 is 14.6 Å². The minimum atomic E-state index is -0.0659. The van der Waals surface area contributed by atoms with Crippen LogP contribution < -0.4 is 10.1 Å². The molecule has 0 aliphatic heterocycles. The number of amides is 1. The number of hydrogen-bond donors (Lipinski definition) is 2. The lowest BCUT2D eigenvalue weighted by Gasteiger charge is -2.10. The van der Waals surface area contributed by atoms with Crippen molar-refractivity contribution in [1.29, 1.82) is 0 Å². The highest BCUT2D eigenvalue weighted by Gasteiger charge is 2.05. The predicted octanol–water partition coefficient (Wildman–Crippen LogP) is 2.32. The Kier molecular flexibility index (Phi) is 8.14. The van der Waals surface area contributed by atoms with Gasteiger partial charge in [0, 0.05) is 24.5 Å². The van der Waals surface area contributed by atoms with Crippen molar-refractivity contribution in [3.8, 4) is 5.75 Å². The van der Waals surface area contributed by atoms with Crippen LogP contribution in [-0.2, 0) is 0 Å². The van der Waals surface area contributed by atoms with Crippen LogP contribution in [0.25, 0.3) is 0 Å². The highest BCUT2D eigenvalue weighted by Crippen LogP contribution is 2.13. The van der Waals surface area contributed by atoms with Gasteiger partial charge in [0.15, 0.2) is 0 Å². The van der Waals surface area contributed by atoms with Crippen molar-refractivity contribution in [2.75, 3.05) is 24.7 Å². The third-order valence-electron chi connectivity index (χ3n) is 2.47. The SMILES string of the molecule is CC(C)Oc1ccc(C(=O)NCCSCCCO)cc1. The van der Waals surface area contributed by atoms with Crippen LogP contribution in [0.3, 0.4) is 0 Å². The van der Waals surface area contributed by atoms with Gasteiger partial charge in [-0.3, -0.25) is 4.79 Å². The molecule has 0 aliphatic rings. The first-order chi connectivity index (χ1) is 9.63. The van der Waals surface area contributed by atoms with Gasteiger partial charge < -0.3 is 15.2 Å². The summed E-state index contributed by atoms with van der Waals surface area (Å²) in [6.07, 6.45) is 0.932. The van der Waals surface area contributed by atoms with E-state index < -0.39 is 0 Å². The standard InChI is InChI=1S/C15H23NO3S/c1-12(2)19-14-6-4-13(5-7-14)15(18)16-8-11-20-10-3-9-17/h4-7,12,17H,3,8-11H2,1-2H3,(H,16,18). The number of rotatable bonds is 9. The molecule has 0 heterocycles. The molecule has 0 saturated carbocycles. The van der Waals surface area contributed by atoms with E-state index in [1.807, 2.05) is 26.0 Å². The van der Waals surface area contributed by atoms with Crippen LogP contribution in [0.15, 0.2) is 24.3 Å². The largest absolute Gasteiger partial charge is 0.491 e. The second-order valence-electron chi connectivity index (χ2n) is 4.64. The number of benzene rings is 1. The van der Waals surface area contributed by atoms with Gasteiger partial charge >= 0.3 is 0 Å². The fourth-order valence-corrected chi connectivity index (χ4v) is 2.35. The lowest BCUT2D eigenvalue weighted by Crippen LogP contribution is -2.25. The monoisotopic (exact) mass is 297 g/mol. The van der Waals surface area contributed by atoms with Gasteiger partial charge in [-0.05, 0) is 50.3 Å². The van der Waals surface area contributed by atoms with Gasteiger partial charge in [-0.25, -0.2) is 0 Å². The smallest absolute Gasteiger partial charge is 0.251 e. The Balaban J connectivity index is 2.29. The fourth-order valence-electron chi connectivity index (χ4n) is 1.56. The third-order valence-corrected chi connectivity index (χ3v) is 3.54. The topological polar surface area (TPSA) is 58.6 Å². The number of carbonyl (C=O) groups is 1. The zero-order valence-corrected chi connectivity index (χ0v) is 12.9. The van der Waals surface area contributed by atoms with Gasteiger partial charge in [0.2, 0.25) is 0 Å². The van der Waals surface area contributed by atoms with E-state index in [0.29, 0.717) is 12.1 Å². The Morgan fingerprint density at radius 3 is 2.60 bits per heavy atom. The zero-order chi connectivity index (χ0) is 14.8. The molecule has 0 aliphatic carbocycles. The van der Waals surface area contributed by atoms with Crippen molar-refractivity contribution in [3.05, 3.63) is 29.8 Å². The number of hydrogen-bond acceptors (Lipinski definition) is 4. The van der Waals surface area contributed by atoms with Gasteiger partial charge in [0.05, 0.1) is 6.10 Å². The van der Waals surface area contributed by atoms with Crippen LogP contribution in [0.4, 0.5) is 0 Å². The zero-order valence-electron chi connectivity index (χ0n) is 12.1.